The highest BCUT2D eigenvalue weighted by Gasteiger charge is 2.63. The summed E-state index contributed by atoms with van der Waals surface area (Å²) in [6, 6.07) is 3.84. The molecule has 0 spiro atoms. The van der Waals surface area contributed by atoms with E-state index in [-0.39, 0.29) is 11.4 Å². The number of rotatable bonds is 2. The largest absolute Gasteiger partial charge is 0.464 e. The number of hydrazone groups is 1. The Labute approximate surface area is 139 Å². The van der Waals surface area contributed by atoms with E-state index >= 15 is 0 Å². The molecule has 132 valence electrons. The Morgan fingerprint density at radius 3 is 2.64 bits per heavy atom. The lowest BCUT2D eigenvalue weighted by Crippen LogP contribution is -2.48. The van der Waals surface area contributed by atoms with Crippen LogP contribution in [0.25, 0.3) is 0 Å². The standard InChI is InChI=1S/C15H12F3N3O4/c1-14-9(10(19-20-14)12(23)25-2)11(22)21(13(14)24)8-5-3-4-7(6-8)15(16,17)18/h3-6,9,20H,1-2H3/t9-,14-/m0/s1. The Bertz CT molecular complexity index is 820. The van der Waals surface area contributed by atoms with Crippen LogP contribution < -0.4 is 10.3 Å². The number of anilines is 1. The van der Waals surface area contributed by atoms with Gasteiger partial charge in [0, 0.05) is 0 Å². The van der Waals surface area contributed by atoms with Crippen molar-refractivity contribution in [2.75, 3.05) is 12.0 Å². The van der Waals surface area contributed by atoms with Gasteiger partial charge in [0.25, 0.3) is 5.91 Å². The number of nitrogens with zero attached hydrogens (tertiary/aromatic N) is 2. The fraction of sp³-hybridized carbons (Fsp3) is 0.333. The molecule has 1 fully saturated rings. The molecule has 0 aliphatic carbocycles. The predicted molar refractivity (Wildman–Crippen MR) is 78.4 cm³/mol. The minimum absolute atomic E-state index is 0.230. The van der Waals surface area contributed by atoms with Gasteiger partial charge in [0.2, 0.25) is 5.91 Å². The Morgan fingerprint density at radius 2 is 2.04 bits per heavy atom. The second-order valence-electron chi connectivity index (χ2n) is 5.76. The normalized spacial score (nSPS) is 25.6. The van der Waals surface area contributed by atoms with E-state index in [1.54, 1.807) is 0 Å². The van der Waals surface area contributed by atoms with E-state index in [0.29, 0.717) is 11.0 Å². The van der Waals surface area contributed by atoms with Gasteiger partial charge in [0.15, 0.2) is 5.71 Å². The maximum absolute atomic E-state index is 12.9. The molecular weight excluding hydrogens is 343 g/mol. The van der Waals surface area contributed by atoms with Gasteiger partial charge in [-0.05, 0) is 25.1 Å². The number of ether oxygens (including phenoxy) is 1. The molecule has 0 radical (unpaired) electrons. The molecule has 1 saturated heterocycles. The van der Waals surface area contributed by atoms with Crippen molar-refractivity contribution in [2.45, 2.75) is 18.6 Å². The lowest BCUT2D eigenvalue weighted by molar-refractivity contribution is -0.137. The van der Waals surface area contributed by atoms with Crippen molar-refractivity contribution < 1.29 is 32.3 Å². The molecule has 2 aliphatic heterocycles. The molecule has 25 heavy (non-hydrogen) atoms. The van der Waals surface area contributed by atoms with Crippen LogP contribution in [0.4, 0.5) is 18.9 Å². The molecule has 10 heteroatoms. The summed E-state index contributed by atoms with van der Waals surface area (Å²) in [5.41, 5.74) is -0.644. The Hall–Kier alpha value is -2.91. The number of nitrogens with one attached hydrogen (secondary N) is 1. The molecule has 1 aromatic carbocycles. The van der Waals surface area contributed by atoms with E-state index in [1.165, 1.54) is 13.0 Å². The van der Waals surface area contributed by atoms with Gasteiger partial charge in [0.1, 0.15) is 11.5 Å². The molecule has 0 bridgehead atoms. The summed E-state index contributed by atoms with van der Waals surface area (Å²) in [6.07, 6.45) is -4.63. The van der Waals surface area contributed by atoms with Crippen molar-refractivity contribution in [3.63, 3.8) is 0 Å². The quantitative estimate of drug-likeness (QED) is 0.634. The molecule has 2 atom stereocenters. The van der Waals surface area contributed by atoms with E-state index in [1.807, 2.05) is 0 Å². The first-order chi connectivity index (χ1) is 11.6. The maximum atomic E-state index is 12.9. The van der Waals surface area contributed by atoms with Crippen LogP contribution in [0, 0.1) is 5.92 Å². The van der Waals surface area contributed by atoms with E-state index in [0.717, 1.165) is 19.2 Å². The number of esters is 1. The van der Waals surface area contributed by atoms with Crippen molar-refractivity contribution in [1.82, 2.24) is 5.43 Å². The molecule has 7 nitrogen and oxygen atoms in total. The van der Waals surface area contributed by atoms with Crippen molar-refractivity contribution in [2.24, 2.45) is 11.0 Å². The highest BCUT2D eigenvalue weighted by molar-refractivity contribution is 6.47. The summed E-state index contributed by atoms with van der Waals surface area (Å²) in [7, 11) is 1.09. The average molecular weight is 355 g/mol. The third-order valence-corrected chi connectivity index (χ3v) is 4.20. The van der Waals surface area contributed by atoms with Gasteiger partial charge in [-0.1, -0.05) is 6.07 Å². The SMILES string of the molecule is COC(=O)C1=NN[C@]2(C)C(=O)N(c3cccc(C(F)(F)F)c3)C(=O)[C@H]12. The van der Waals surface area contributed by atoms with Gasteiger partial charge < -0.3 is 4.74 Å². The number of amides is 2. The number of halogens is 3. The van der Waals surface area contributed by atoms with Crippen LogP contribution >= 0.6 is 0 Å². The molecule has 1 N–H and O–H groups in total. The minimum Gasteiger partial charge on any atom is -0.464 e. The van der Waals surface area contributed by atoms with Crippen molar-refractivity contribution in [3.8, 4) is 0 Å². The summed E-state index contributed by atoms with van der Waals surface area (Å²) in [5, 5.41) is 3.69. The van der Waals surface area contributed by atoms with E-state index < -0.39 is 41.0 Å². The average Bonchev–Trinajstić information content (AvgIpc) is 3.00. The molecule has 2 amide bonds. The highest BCUT2D eigenvalue weighted by Crippen LogP contribution is 2.39. The van der Waals surface area contributed by atoms with E-state index in [9.17, 15) is 27.6 Å². The number of alkyl halides is 3. The highest BCUT2D eigenvalue weighted by atomic mass is 19.4. The monoisotopic (exact) mass is 355 g/mol. The van der Waals surface area contributed by atoms with Gasteiger partial charge in [0.05, 0.1) is 18.4 Å². The number of benzene rings is 1. The number of hydrogen-bond acceptors (Lipinski definition) is 6. The lowest BCUT2D eigenvalue weighted by atomic mass is 9.86. The van der Waals surface area contributed by atoms with Crippen molar-refractivity contribution in [1.29, 1.82) is 0 Å². The first-order valence-electron chi connectivity index (χ1n) is 7.10. The first kappa shape index (κ1) is 16.9. The number of carbonyl (C=O) groups excluding carboxylic acids is 3. The summed E-state index contributed by atoms with van der Waals surface area (Å²) in [6.45, 7) is 1.35. The zero-order chi connectivity index (χ0) is 18.6. The zero-order valence-electron chi connectivity index (χ0n) is 13.0. The summed E-state index contributed by atoms with van der Waals surface area (Å²) < 4.78 is 43.2. The number of hydrogen-bond donors (Lipinski definition) is 1. The Balaban J connectivity index is 2.04. The van der Waals surface area contributed by atoms with Crippen LogP contribution in [0.5, 0.6) is 0 Å². The third-order valence-electron chi connectivity index (χ3n) is 4.20. The van der Waals surface area contributed by atoms with Gasteiger partial charge in [-0.3, -0.25) is 15.0 Å². The Morgan fingerprint density at radius 1 is 1.36 bits per heavy atom. The maximum Gasteiger partial charge on any atom is 0.416 e. The number of methoxy groups -OCH3 is 1. The molecule has 0 unspecified atom stereocenters. The van der Waals surface area contributed by atoms with Gasteiger partial charge in [-0.15, -0.1) is 0 Å². The molecule has 0 saturated carbocycles. The summed E-state index contributed by atoms with van der Waals surface area (Å²) in [5.74, 6) is -3.82. The molecule has 3 rings (SSSR count). The third kappa shape index (κ3) is 2.36. The number of imide groups is 1. The van der Waals surface area contributed by atoms with Crippen LogP contribution in [-0.4, -0.2) is 36.1 Å². The van der Waals surface area contributed by atoms with Gasteiger partial charge >= 0.3 is 12.1 Å². The molecule has 2 aliphatic rings. The second kappa shape index (κ2) is 5.30. The smallest absolute Gasteiger partial charge is 0.416 e. The number of carbonyl (C=O) groups is 3. The zero-order valence-corrected chi connectivity index (χ0v) is 13.0. The van der Waals surface area contributed by atoms with Gasteiger partial charge in [-0.25, -0.2) is 9.69 Å². The topological polar surface area (TPSA) is 88.1 Å². The minimum atomic E-state index is -4.63. The summed E-state index contributed by atoms with van der Waals surface area (Å²) >= 11 is 0. The molecule has 0 aromatic heterocycles. The first-order valence-corrected chi connectivity index (χ1v) is 7.10. The fourth-order valence-corrected chi connectivity index (χ4v) is 2.91. The van der Waals surface area contributed by atoms with Crippen LogP contribution in [0.3, 0.4) is 0 Å². The molecule has 1 aromatic rings. The van der Waals surface area contributed by atoms with E-state index in [4.69, 9.17) is 0 Å². The van der Waals surface area contributed by atoms with Gasteiger partial charge in [-0.2, -0.15) is 18.3 Å². The molecular formula is C15H12F3N3O4. The van der Waals surface area contributed by atoms with Crippen LogP contribution in [0.1, 0.15) is 12.5 Å². The Kier molecular flexibility index (Phi) is 3.59. The van der Waals surface area contributed by atoms with Crippen LogP contribution in [0.2, 0.25) is 0 Å². The lowest BCUT2D eigenvalue weighted by Gasteiger charge is -2.20. The summed E-state index contributed by atoms with van der Waals surface area (Å²) in [4.78, 5) is 37.7. The molecule has 2 heterocycles. The van der Waals surface area contributed by atoms with Crippen molar-refractivity contribution in [3.05, 3.63) is 29.8 Å². The van der Waals surface area contributed by atoms with Crippen LogP contribution in [0.15, 0.2) is 29.4 Å². The second-order valence-corrected chi connectivity index (χ2v) is 5.76. The van der Waals surface area contributed by atoms with Crippen molar-refractivity contribution >= 4 is 29.2 Å². The number of fused-ring (bicyclic) bond motifs is 1. The van der Waals surface area contributed by atoms with Crippen LogP contribution in [-0.2, 0) is 25.3 Å². The predicted octanol–water partition coefficient (Wildman–Crippen LogP) is 1.09. The fourth-order valence-electron chi connectivity index (χ4n) is 2.91. The van der Waals surface area contributed by atoms with E-state index in [2.05, 4.69) is 15.3 Å².